The first-order chi connectivity index (χ1) is 13.9. The number of hydrogen-bond donors (Lipinski definition) is 1. The van der Waals surface area contributed by atoms with Gasteiger partial charge in [-0.15, -0.1) is 5.73 Å². The molecule has 0 aliphatic carbocycles. The molecule has 0 radical (unpaired) electrons. The van der Waals surface area contributed by atoms with Crippen LogP contribution in [0.15, 0.2) is 60.4 Å². The number of rotatable bonds is 11. The molecule has 0 saturated carbocycles. The summed E-state index contributed by atoms with van der Waals surface area (Å²) in [5, 5.41) is 0. The van der Waals surface area contributed by atoms with Gasteiger partial charge in [0, 0.05) is 11.5 Å². The molecule has 1 amide bonds. The van der Waals surface area contributed by atoms with Crippen molar-refractivity contribution in [2.24, 2.45) is 11.7 Å². The van der Waals surface area contributed by atoms with Gasteiger partial charge < -0.3 is 5.73 Å². The molecule has 0 fully saturated rings. The molecule has 0 aliphatic heterocycles. The molecule has 29 heavy (non-hydrogen) atoms. The van der Waals surface area contributed by atoms with Gasteiger partial charge in [-0.2, -0.15) is 0 Å². The summed E-state index contributed by atoms with van der Waals surface area (Å²) in [5.41, 5.74) is 10.8. The Morgan fingerprint density at radius 2 is 1.62 bits per heavy atom. The quantitative estimate of drug-likeness (QED) is 0.254. The SMILES string of the molecule is C=C=C(CCC(=C)C[C@H](C(N)=O)c1ccccc1)C(=O)C(C)CCC.CC.CC. The number of nitrogens with two attached hydrogens (primary N) is 1. The fraction of sp³-hybridized carbons (Fsp3) is 0.500. The highest BCUT2D eigenvalue weighted by molar-refractivity contribution is 5.96. The lowest BCUT2D eigenvalue weighted by atomic mass is 9.88. The minimum atomic E-state index is -0.389. The van der Waals surface area contributed by atoms with Crippen LogP contribution in [0.3, 0.4) is 0 Å². The number of Topliss-reactive ketones (excluding diaryl/α,β-unsaturated/α-hetero) is 1. The molecule has 1 rings (SSSR count). The van der Waals surface area contributed by atoms with Crippen molar-refractivity contribution in [3.8, 4) is 0 Å². The summed E-state index contributed by atoms with van der Waals surface area (Å²) in [7, 11) is 0. The zero-order valence-electron chi connectivity index (χ0n) is 19.4. The molecular formula is C26H41NO2. The number of carbonyl (C=O) groups is 2. The van der Waals surface area contributed by atoms with Gasteiger partial charge in [0.15, 0.2) is 5.78 Å². The summed E-state index contributed by atoms with van der Waals surface area (Å²) in [6.07, 6.45) is 3.50. The Morgan fingerprint density at radius 1 is 1.07 bits per heavy atom. The summed E-state index contributed by atoms with van der Waals surface area (Å²) in [6, 6.07) is 9.48. The van der Waals surface area contributed by atoms with Crippen molar-refractivity contribution in [1.29, 1.82) is 0 Å². The first-order valence-corrected chi connectivity index (χ1v) is 10.8. The van der Waals surface area contributed by atoms with Crippen LogP contribution in [-0.2, 0) is 9.59 Å². The van der Waals surface area contributed by atoms with Crippen molar-refractivity contribution in [2.75, 3.05) is 0 Å². The van der Waals surface area contributed by atoms with Crippen LogP contribution in [0.5, 0.6) is 0 Å². The Kier molecular flexibility index (Phi) is 17.6. The van der Waals surface area contributed by atoms with E-state index in [0.717, 1.165) is 24.0 Å². The number of carbonyl (C=O) groups excluding carboxylic acids is 2. The van der Waals surface area contributed by atoms with Crippen molar-refractivity contribution in [2.45, 2.75) is 79.6 Å². The second kappa shape index (κ2) is 17.7. The van der Waals surface area contributed by atoms with E-state index in [0.29, 0.717) is 24.8 Å². The molecule has 1 aromatic carbocycles. The van der Waals surface area contributed by atoms with E-state index in [1.165, 1.54) is 0 Å². The molecular weight excluding hydrogens is 358 g/mol. The number of benzene rings is 1. The predicted octanol–water partition coefficient (Wildman–Crippen LogP) is 6.75. The molecule has 2 atom stereocenters. The molecule has 0 aliphatic rings. The lowest BCUT2D eigenvalue weighted by Crippen LogP contribution is -2.22. The van der Waals surface area contributed by atoms with Crippen molar-refractivity contribution in [3.05, 3.63) is 65.9 Å². The van der Waals surface area contributed by atoms with Crippen LogP contribution in [0.2, 0.25) is 0 Å². The van der Waals surface area contributed by atoms with Gasteiger partial charge in [0.2, 0.25) is 5.91 Å². The summed E-state index contributed by atoms with van der Waals surface area (Å²) < 4.78 is 0. The Bertz CT molecular complexity index is 655. The zero-order chi connectivity index (χ0) is 22.8. The van der Waals surface area contributed by atoms with Crippen molar-refractivity contribution >= 4 is 11.7 Å². The van der Waals surface area contributed by atoms with Gasteiger partial charge in [-0.1, -0.05) is 97.0 Å². The Morgan fingerprint density at radius 3 is 2.07 bits per heavy atom. The highest BCUT2D eigenvalue weighted by Crippen LogP contribution is 2.26. The van der Waals surface area contributed by atoms with E-state index >= 15 is 0 Å². The highest BCUT2D eigenvalue weighted by Gasteiger charge is 2.20. The fourth-order valence-corrected chi connectivity index (χ4v) is 2.92. The van der Waals surface area contributed by atoms with Gasteiger partial charge in [0.25, 0.3) is 0 Å². The minimum Gasteiger partial charge on any atom is -0.369 e. The van der Waals surface area contributed by atoms with Crippen molar-refractivity contribution in [1.82, 2.24) is 0 Å². The third-order valence-corrected chi connectivity index (χ3v) is 4.45. The number of allylic oxidation sites excluding steroid dienone is 2. The van der Waals surface area contributed by atoms with Crippen LogP contribution in [0.1, 0.15) is 85.1 Å². The van der Waals surface area contributed by atoms with Gasteiger partial charge in [0.05, 0.1) is 5.92 Å². The maximum absolute atomic E-state index is 12.4. The first kappa shape index (κ1) is 28.8. The van der Waals surface area contributed by atoms with Gasteiger partial charge in [-0.25, -0.2) is 0 Å². The van der Waals surface area contributed by atoms with E-state index in [9.17, 15) is 9.59 Å². The van der Waals surface area contributed by atoms with Crippen molar-refractivity contribution < 1.29 is 9.59 Å². The third kappa shape index (κ3) is 11.3. The number of amides is 1. The molecule has 1 unspecified atom stereocenters. The second-order valence-corrected chi connectivity index (χ2v) is 6.53. The number of ketones is 1. The average molecular weight is 400 g/mol. The summed E-state index contributed by atoms with van der Waals surface area (Å²) in [4.78, 5) is 24.2. The topological polar surface area (TPSA) is 60.2 Å². The fourth-order valence-electron chi connectivity index (χ4n) is 2.92. The number of primary amides is 1. The summed E-state index contributed by atoms with van der Waals surface area (Å²) in [5.74, 6) is -0.650. The molecule has 0 aromatic heterocycles. The van der Waals surface area contributed by atoms with Crippen LogP contribution in [-0.4, -0.2) is 11.7 Å². The summed E-state index contributed by atoms with van der Waals surface area (Å²) in [6.45, 7) is 19.7. The second-order valence-electron chi connectivity index (χ2n) is 6.53. The van der Waals surface area contributed by atoms with E-state index < -0.39 is 0 Å². The van der Waals surface area contributed by atoms with Gasteiger partial charge in [0.1, 0.15) is 0 Å². The average Bonchev–Trinajstić information content (AvgIpc) is 2.75. The molecule has 3 nitrogen and oxygen atoms in total. The normalized spacial score (nSPS) is 11.4. The Hall–Kier alpha value is -2.38. The first-order valence-electron chi connectivity index (χ1n) is 10.8. The smallest absolute Gasteiger partial charge is 0.225 e. The van der Waals surface area contributed by atoms with Crippen molar-refractivity contribution in [3.63, 3.8) is 0 Å². The highest BCUT2D eigenvalue weighted by atomic mass is 16.1. The molecule has 0 saturated heterocycles. The van der Waals surface area contributed by atoms with Crippen LogP contribution in [0.25, 0.3) is 0 Å². The zero-order valence-corrected chi connectivity index (χ0v) is 19.4. The van der Waals surface area contributed by atoms with Gasteiger partial charge >= 0.3 is 0 Å². The van der Waals surface area contributed by atoms with Gasteiger partial charge in [-0.05, 0) is 31.2 Å². The van der Waals surface area contributed by atoms with E-state index in [-0.39, 0.29) is 23.5 Å². The van der Waals surface area contributed by atoms with E-state index in [4.69, 9.17) is 5.73 Å². The Labute approximate surface area is 178 Å². The van der Waals surface area contributed by atoms with Gasteiger partial charge in [-0.3, -0.25) is 9.59 Å². The maximum Gasteiger partial charge on any atom is 0.225 e. The maximum atomic E-state index is 12.4. The molecule has 162 valence electrons. The monoisotopic (exact) mass is 399 g/mol. The third-order valence-electron chi connectivity index (χ3n) is 4.45. The largest absolute Gasteiger partial charge is 0.369 e. The lowest BCUT2D eigenvalue weighted by molar-refractivity contribution is -0.120. The minimum absolute atomic E-state index is 0.00907. The van der Waals surface area contributed by atoms with E-state index in [2.05, 4.69) is 25.8 Å². The van der Waals surface area contributed by atoms with E-state index in [1.54, 1.807) is 0 Å². The lowest BCUT2D eigenvalue weighted by Gasteiger charge is -2.16. The van der Waals surface area contributed by atoms with E-state index in [1.807, 2.05) is 65.0 Å². The Balaban J connectivity index is 0. The van der Waals surface area contributed by atoms with Crippen LogP contribution >= 0.6 is 0 Å². The van der Waals surface area contributed by atoms with Crippen LogP contribution < -0.4 is 5.73 Å². The molecule has 0 bridgehead atoms. The number of hydrogen-bond acceptors (Lipinski definition) is 2. The predicted molar refractivity (Wildman–Crippen MR) is 126 cm³/mol. The molecule has 2 N–H and O–H groups in total. The molecule has 3 heteroatoms. The molecule has 1 aromatic rings. The molecule has 0 heterocycles. The standard InChI is InChI=1S/C22H29NO2.2C2H6/c1-5-10-17(4)21(24)18(6-2)14-13-16(3)15-20(22(23)25)19-11-8-7-9-12-19;2*1-2/h7-9,11-12,17,20H,2-3,5,10,13-15H2,1,4H3,(H2,23,25);2*1-2H3/t17?,20-;;/m0../s1. The van der Waals surface area contributed by atoms with Crippen LogP contribution in [0, 0.1) is 5.92 Å². The van der Waals surface area contributed by atoms with Crippen LogP contribution in [0.4, 0.5) is 0 Å². The summed E-state index contributed by atoms with van der Waals surface area (Å²) >= 11 is 0. The molecule has 0 spiro atoms.